The predicted octanol–water partition coefficient (Wildman–Crippen LogP) is 1.54. The second-order valence-corrected chi connectivity index (χ2v) is 11.1. The summed E-state index contributed by atoms with van der Waals surface area (Å²) >= 11 is 0. The number of fused-ring (bicyclic) bond motifs is 3. The first kappa shape index (κ1) is 24.8. The van der Waals surface area contributed by atoms with Gasteiger partial charge in [0, 0.05) is 0 Å². The number of sulfonamides is 2. The van der Waals surface area contributed by atoms with Gasteiger partial charge in [0.1, 0.15) is 12.1 Å². The largest absolute Gasteiger partial charge is 0.480 e. The summed E-state index contributed by atoms with van der Waals surface area (Å²) in [5.74, 6) is -2.55. The number of carboxylic acids is 2. The Kier molecular flexibility index (Phi) is 6.93. The topological polar surface area (TPSA) is 167 Å². The van der Waals surface area contributed by atoms with Crippen LogP contribution in [0.1, 0.15) is 37.8 Å². The van der Waals surface area contributed by atoms with Gasteiger partial charge in [-0.25, -0.2) is 16.8 Å². The standard InChI is InChI=1S/C21H24N2O8S2/c1-3-18(20(24)25)22-32(28,29)14-5-7-16-12(10-14)9-13-11-15(6-8-17(13)16)33(30,31)23-19(4-2)21(26)27/h5-8,10-11,18-19,22-23H,3-4,9H2,1-2H3,(H,24,25)(H,26,27)/t18-,19-/m0/s1. The van der Waals surface area contributed by atoms with Crippen molar-refractivity contribution in [1.82, 2.24) is 9.44 Å². The molecule has 0 fully saturated rings. The Balaban J connectivity index is 1.90. The van der Waals surface area contributed by atoms with Gasteiger partial charge >= 0.3 is 11.9 Å². The number of carboxylic acid groups (broad SMARTS) is 2. The fourth-order valence-corrected chi connectivity index (χ4v) is 6.27. The zero-order valence-corrected chi connectivity index (χ0v) is 19.5. The van der Waals surface area contributed by atoms with Crippen LogP contribution >= 0.6 is 0 Å². The minimum atomic E-state index is -4.07. The molecule has 0 aliphatic heterocycles. The molecule has 0 unspecified atom stereocenters. The first-order valence-corrected chi connectivity index (χ1v) is 13.1. The fraction of sp³-hybridized carbons (Fsp3) is 0.333. The summed E-state index contributed by atoms with van der Waals surface area (Å²) < 4.78 is 54.9. The van der Waals surface area contributed by atoms with E-state index in [0.29, 0.717) is 11.1 Å². The van der Waals surface area contributed by atoms with Crippen LogP contribution in [0.15, 0.2) is 46.2 Å². The Morgan fingerprint density at radius 1 is 0.788 bits per heavy atom. The van der Waals surface area contributed by atoms with Crippen molar-refractivity contribution in [3.63, 3.8) is 0 Å². The van der Waals surface area contributed by atoms with E-state index in [1.165, 1.54) is 24.3 Å². The van der Waals surface area contributed by atoms with E-state index < -0.39 is 44.1 Å². The summed E-state index contributed by atoms with van der Waals surface area (Å²) in [5, 5.41) is 18.3. The highest BCUT2D eigenvalue weighted by Crippen LogP contribution is 2.38. The summed E-state index contributed by atoms with van der Waals surface area (Å²) in [7, 11) is -8.15. The number of benzene rings is 2. The van der Waals surface area contributed by atoms with E-state index in [1.54, 1.807) is 26.0 Å². The Hall–Kier alpha value is -2.80. The summed E-state index contributed by atoms with van der Waals surface area (Å²) in [6, 6.07) is 6.32. The van der Waals surface area contributed by atoms with Crippen molar-refractivity contribution in [2.75, 3.05) is 0 Å². The van der Waals surface area contributed by atoms with Gasteiger partial charge in [-0.3, -0.25) is 9.59 Å². The van der Waals surface area contributed by atoms with E-state index in [2.05, 4.69) is 9.44 Å². The first-order valence-electron chi connectivity index (χ1n) is 10.2. The third kappa shape index (κ3) is 5.08. The minimum Gasteiger partial charge on any atom is -0.480 e. The molecule has 3 rings (SSSR count). The molecule has 1 aliphatic rings. The van der Waals surface area contributed by atoms with E-state index in [9.17, 15) is 26.4 Å². The maximum Gasteiger partial charge on any atom is 0.321 e. The average Bonchev–Trinajstić information content (AvgIpc) is 3.12. The van der Waals surface area contributed by atoms with E-state index in [4.69, 9.17) is 10.2 Å². The molecular weight excluding hydrogens is 472 g/mol. The molecule has 4 N–H and O–H groups in total. The Morgan fingerprint density at radius 3 is 1.45 bits per heavy atom. The van der Waals surface area contributed by atoms with Crippen molar-refractivity contribution in [1.29, 1.82) is 0 Å². The third-order valence-corrected chi connectivity index (χ3v) is 8.39. The van der Waals surface area contributed by atoms with Crippen molar-refractivity contribution in [3.8, 4) is 11.1 Å². The van der Waals surface area contributed by atoms with Gasteiger partial charge < -0.3 is 10.2 Å². The maximum absolute atomic E-state index is 12.6. The molecule has 0 aromatic heterocycles. The molecule has 0 radical (unpaired) electrons. The molecule has 33 heavy (non-hydrogen) atoms. The van der Waals surface area contributed by atoms with Gasteiger partial charge in [-0.15, -0.1) is 0 Å². The van der Waals surface area contributed by atoms with Crippen molar-refractivity contribution >= 4 is 32.0 Å². The van der Waals surface area contributed by atoms with Crippen molar-refractivity contribution in [2.24, 2.45) is 0 Å². The lowest BCUT2D eigenvalue weighted by atomic mass is 10.1. The summed E-state index contributed by atoms with van der Waals surface area (Å²) in [6.45, 7) is 3.11. The first-order chi connectivity index (χ1) is 15.4. The average molecular weight is 497 g/mol. The molecule has 0 spiro atoms. The number of aliphatic carboxylic acids is 2. The lowest BCUT2D eigenvalue weighted by Crippen LogP contribution is -2.40. The van der Waals surface area contributed by atoms with E-state index >= 15 is 0 Å². The van der Waals surface area contributed by atoms with E-state index in [-0.39, 0.29) is 29.1 Å². The molecule has 0 amide bonds. The highest BCUT2D eigenvalue weighted by Gasteiger charge is 2.28. The minimum absolute atomic E-state index is 0.0804. The smallest absolute Gasteiger partial charge is 0.321 e. The number of hydrogen-bond donors (Lipinski definition) is 4. The van der Waals surface area contributed by atoms with Gasteiger partial charge in [0.25, 0.3) is 0 Å². The molecule has 0 heterocycles. The number of rotatable bonds is 10. The maximum atomic E-state index is 12.6. The highest BCUT2D eigenvalue weighted by atomic mass is 32.2. The molecular formula is C21H24N2O8S2. The summed E-state index contributed by atoms with van der Waals surface area (Å²) in [5.41, 5.74) is 2.78. The summed E-state index contributed by atoms with van der Waals surface area (Å²) in [4.78, 5) is 22.2. The van der Waals surface area contributed by atoms with Crippen molar-refractivity contribution < 1.29 is 36.6 Å². The van der Waals surface area contributed by atoms with Crippen molar-refractivity contribution in [2.45, 2.75) is 55.0 Å². The molecule has 0 saturated heterocycles. The van der Waals surface area contributed by atoms with E-state index in [1.807, 2.05) is 0 Å². The van der Waals surface area contributed by atoms with Crippen LogP contribution in [-0.2, 0) is 36.1 Å². The molecule has 1 aliphatic carbocycles. The van der Waals surface area contributed by atoms with Crippen LogP contribution in [0.2, 0.25) is 0 Å². The summed E-state index contributed by atoms with van der Waals surface area (Å²) in [6.07, 6.45) is 0.428. The molecule has 2 atom stereocenters. The fourth-order valence-electron chi connectivity index (χ4n) is 3.63. The third-order valence-electron chi connectivity index (χ3n) is 5.45. The van der Waals surface area contributed by atoms with Crippen molar-refractivity contribution in [3.05, 3.63) is 47.5 Å². The Bertz CT molecular complexity index is 1220. The predicted molar refractivity (Wildman–Crippen MR) is 119 cm³/mol. The second-order valence-electron chi connectivity index (χ2n) is 7.66. The molecule has 10 nitrogen and oxygen atoms in total. The number of hydrogen-bond acceptors (Lipinski definition) is 6. The molecule has 0 saturated carbocycles. The van der Waals surface area contributed by atoms with Crippen LogP contribution in [-0.4, -0.2) is 51.1 Å². The SMILES string of the molecule is CC[C@H](NS(=O)(=O)c1ccc2c(c1)Cc1cc(S(=O)(=O)N[C@@H](CC)C(=O)O)ccc1-2)C(=O)O. The number of nitrogens with one attached hydrogen (secondary N) is 2. The van der Waals surface area contributed by atoms with Crippen LogP contribution in [0.3, 0.4) is 0 Å². The van der Waals surface area contributed by atoms with Gasteiger partial charge in [0.2, 0.25) is 20.0 Å². The van der Waals surface area contributed by atoms with Gasteiger partial charge in [-0.1, -0.05) is 26.0 Å². The lowest BCUT2D eigenvalue weighted by Gasteiger charge is -2.14. The van der Waals surface area contributed by atoms with Gasteiger partial charge in [-0.2, -0.15) is 9.44 Å². The van der Waals surface area contributed by atoms with Crippen LogP contribution in [0.25, 0.3) is 11.1 Å². The Labute approximate surface area is 191 Å². The van der Waals surface area contributed by atoms with Gasteiger partial charge in [0.05, 0.1) is 9.79 Å². The molecule has 0 bridgehead atoms. The second kappa shape index (κ2) is 9.21. The molecule has 178 valence electrons. The Morgan fingerprint density at radius 2 is 1.15 bits per heavy atom. The highest BCUT2D eigenvalue weighted by molar-refractivity contribution is 7.89. The molecule has 2 aromatic rings. The molecule has 2 aromatic carbocycles. The monoisotopic (exact) mass is 496 g/mol. The van der Waals surface area contributed by atoms with Gasteiger partial charge in [0.15, 0.2) is 0 Å². The van der Waals surface area contributed by atoms with Crippen LogP contribution in [0.5, 0.6) is 0 Å². The van der Waals surface area contributed by atoms with Crippen LogP contribution in [0, 0.1) is 0 Å². The van der Waals surface area contributed by atoms with Crippen LogP contribution < -0.4 is 9.44 Å². The normalized spacial score (nSPS) is 14.8. The van der Waals surface area contributed by atoms with Gasteiger partial charge in [-0.05, 0) is 65.8 Å². The quantitative estimate of drug-likeness (QED) is 0.328. The van der Waals surface area contributed by atoms with E-state index in [0.717, 1.165) is 11.1 Å². The lowest BCUT2D eigenvalue weighted by molar-refractivity contribution is -0.139. The van der Waals surface area contributed by atoms with Crippen LogP contribution in [0.4, 0.5) is 0 Å². The zero-order chi connectivity index (χ0) is 24.6. The molecule has 12 heteroatoms. The zero-order valence-electron chi connectivity index (χ0n) is 17.9. The number of carbonyl (C=O) groups is 2.